The highest BCUT2D eigenvalue weighted by Gasteiger charge is 2.34. The number of nitrogens with two attached hydrogens (primary N) is 1. The van der Waals surface area contributed by atoms with E-state index in [2.05, 4.69) is 5.10 Å². The van der Waals surface area contributed by atoms with Gasteiger partial charge in [-0.2, -0.15) is 4.68 Å². The SMILES string of the molecule is Cc1ccc(C(=O)N(CCCN)C(c2nn(-c3ccccc3F)c(=O)n2Cc2ccccc2)C(C)C)cc1. The van der Waals surface area contributed by atoms with Gasteiger partial charge in [-0.1, -0.05) is 74.0 Å². The van der Waals surface area contributed by atoms with Crippen LogP contribution in [0.3, 0.4) is 0 Å². The maximum atomic E-state index is 14.8. The Bertz CT molecular complexity index is 1430. The molecule has 7 nitrogen and oxygen atoms in total. The molecular weight excluding hydrogens is 481 g/mol. The molecule has 0 aliphatic heterocycles. The van der Waals surface area contributed by atoms with Crippen LogP contribution in [0.2, 0.25) is 0 Å². The van der Waals surface area contributed by atoms with Crippen molar-refractivity contribution in [2.45, 2.75) is 39.8 Å². The van der Waals surface area contributed by atoms with Crippen molar-refractivity contribution >= 4 is 5.91 Å². The molecule has 0 bridgehead atoms. The number of carbonyl (C=O) groups is 1. The summed E-state index contributed by atoms with van der Waals surface area (Å²) in [4.78, 5) is 29.4. The van der Waals surface area contributed by atoms with Gasteiger partial charge in [-0.15, -0.1) is 5.10 Å². The highest BCUT2D eigenvalue weighted by Crippen LogP contribution is 2.30. The molecule has 1 aromatic heterocycles. The van der Waals surface area contributed by atoms with Gasteiger partial charge in [0.2, 0.25) is 0 Å². The van der Waals surface area contributed by atoms with Crippen LogP contribution in [-0.4, -0.2) is 38.2 Å². The fourth-order valence-corrected chi connectivity index (χ4v) is 4.61. The summed E-state index contributed by atoms with van der Waals surface area (Å²) >= 11 is 0. The lowest BCUT2D eigenvalue weighted by Gasteiger charge is -2.34. The van der Waals surface area contributed by atoms with E-state index in [9.17, 15) is 14.0 Å². The number of para-hydroxylation sites is 1. The van der Waals surface area contributed by atoms with Crippen LogP contribution >= 0.6 is 0 Å². The van der Waals surface area contributed by atoms with Gasteiger partial charge >= 0.3 is 5.69 Å². The quantitative estimate of drug-likeness (QED) is 0.331. The lowest BCUT2D eigenvalue weighted by Crippen LogP contribution is -2.40. The zero-order valence-corrected chi connectivity index (χ0v) is 22.0. The van der Waals surface area contributed by atoms with Gasteiger partial charge in [0, 0.05) is 12.1 Å². The second-order valence-corrected chi connectivity index (χ2v) is 9.77. The summed E-state index contributed by atoms with van der Waals surface area (Å²) in [6.07, 6.45) is 0.581. The van der Waals surface area contributed by atoms with Crippen LogP contribution in [0, 0.1) is 18.7 Å². The number of hydrogen-bond donors (Lipinski definition) is 1. The molecular formula is C30H34FN5O2. The molecule has 38 heavy (non-hydrogen) atoms. The number of carbonyl (C=O) groups excluding carboxylic acids is 1. The van der Waals surface area contributed by atoms with Crippen molar-refractivity contribution in [1.82, 2.24) is 19.2 Å². The summed E-state index contributed by atoms with van der Waals surface area (Å²) in [5, 5.41) is 4.68. The standard InChI is InChI=1S/C30H34FN5O2/c1-21(2)27(34(19-9-18-32)29(37)24-16-14-22(3)15-17-24)28-33-36(26-13-8-7-12-25(26)31)30(38)35(28)20-23-10-5-4-6-11-23/h4-8,10-17,21,27H,9,18-20,32H2,1-3H3. The van der Waals surface area contributed by atoms with Crippen molar-refractivity contribution < 1.29 is 9.18 Å². The Balaban J connectivity index is 1.89. The van der Waals surface area contributed by atoms with Gasteiger partial charge in [0.25, 0.3) is 5.91 Å². The van der Waals surface area contributed by atoms with E-state index >= 15 is 0 Å². The predicted molar refractivity (Wildman–Crippen MR) is 147 cm³/mol. The summed E-state index contributed by atoms with van der Waals surface area (Å²) in [6, 6.07) is 22.4. The topological polar surface area (TPSA) is 86.2 Å². The summed E-state index contributed by atoms with van der Waals surface area (Å²) in [5.41, 5.74) is 7.93. The molecule has 2 N–H and O–H groups in total. The van der Waals surface area contributed by atoms with Gasteiger partial charge in [-0.25, -0.2) is 9.18 Å². The monoisotopic (exact) mass is 515 g/mol. The highest BCUT2D eigenvalue weighted by atomic mass is 19.1. The number of rotatable bonds is 10. The third-order valence-corrected chi connectivity index (χ3v) is 6.55. The molecule has 1 atom stereocenters. The van der Waals surface area contributed by atoms with Gasteiger partial charge < -0.3 is 10.6 Å². The van der Waals surface area contributed by atoms with Crippen molar-refractivity contribution in [3.8, 4) is 5.69 Å². The Morgan fingerprint density at radius 2 is 1.66 bits per heavy atom. The van der Waals surface area contributed by atoms with Gasteiger partial charge in [0.05, 0.1) is 12.6 Å². The van der Waals surface area contributed by atoms with Crippen molar-refractivity contribution in [3.05, 3.63) is 118 Å². The average Bonchev–Trinajstić information content (AvgIpc) is 3.22. The second-order valence-electron chi connectivity index (χ2n) is 9.77. The van der Waals surface area contributed by atoms with Crippen LogP contribution in [0.4, 0.5) is 4.39 Å². The Morgan fingerprint density at radius 3 is 2.29 bits per heavy atom. The number of nitrogens with zero attached hydrogens (tertiary/aromatic N) is 4. The lowest BCUT2D eigenvalue weighted by molar-refractivity contribution is 0.0603. The molecule has 0 fully saturated rings. The van der Waals surface area contributed by atoms with Gasteiger partial charge in [0.1, 0.15) is 11.5 Å². The maximum absolute atomic E-state index is 14.8. The van der Waals surface area contributed by atoms with E-state index < -0.39 is 17.5 Å². The molecule has 0 aliphatic carbocycles. The first kappa shape index (κ1) is 27.0. The lowest BCUT2D eigenvalue weighted by atomic mass is 9.99. The Kier molecular flexibility index (Phi) is 8.53. The minimum atomic E-state index is -0.556. The molecule has 4 rings (SSSR count). The van der Waals surface area contributed by atoms with E-state index in [4.69, 9.17) is 5.73 Å². The van der Waals surface area contributed by atoms with Crippen molar-refractivity contribution in [1.29, 1.82) is 0 Å². The number of amides is 1. The van der Waals surface area contributed by atoms with Crippen LogP contribution in [-0.2, 0) is 6.54 Å². The molecule has 0 aliphatic rings. The number of aromatic nitrogens is 3. The summed E-state index contributed by atoms with van der Waals surface area (Å²) in [7, 11) is 0. The second kappa shape index (κ2) is 12.0. The van der Waals surface area contributed by atoms with E-state index in [1.54, 1.807) is 33.7 Å². The fourth-order valence-electron chi connectivity index (χ4n) is 4.61. The molecule has 8 heteroatoms. The number of aryl methyl sites for hydroxylation is 1. The summed E-state index contributed by atoms with van der Waals surface area (Å²) in [5.74, 6) is -0.430. The van der Waals surface area contributed by atoms with Crippen molar-refractivity contribution in [3.63, 3.8) is 0 Å². The summed E-state index contributed by atoms with van der Waals surface area (Å²) in [6.45, 7) is 6.97. The Morgan fingerprint density at radius 1 is 1.00 bits per heavy atom. The molecule has 1 amide bonds. The van der Waals surface area contributed by atoms with Crippen LogP contribution < -0.4 is 11.4 Å². The van der Waals surface area contributed by atoms with E-state index in [0.717, 1.165) is 15.8 Å². The van der Waals surface area contributed by atoms with Gasteiger partial charge in [0.15, 0.2) is 5.82 Å². The number of benzene rings is 3. The third kappa shape index (κ3) is 5.75. The van der Waals surface area contributed by atoms with Crippen LogP contribution in [0.1, 0.15) is 53.6 Å². The predicted octanol–water partition coefficient (Wildman–Crippen LogP) is 4.72. The molecule has 1 heterocycles. The molecule has 198 valence electrons. The molecule has 0 spiro atoms. The molecule has 0 radical (unpaired) electrons. The van der Waals surface area contributed by atoms with E-state index in [1.807, 2.05) is 63.2 Å². The van der Waals surface area contributed by atoms with Crippen LogP contribution in [0.5, 0.6) is 0 Å². The zero-order chi connectivity index (χ0) is 27.2. The normalized spacial score (nSPS) is 12.1. The molecule has 3 aromatic carbocycles. The molecule has 0 saturated heterocycles. The minimum absolute atomic E-state index is 0.0615. The first-order chi connectivity index (χ1) is 18.3. The smallest absolute Gasteiger partial charge is 0.330 e. The number of halogens is 1. The largest absolute Gasteiger partial charge is 0.351 e. The van der Waals surface area contributed by atoms with Crippen LogP contribution in [0.25, 0.3) is 5.69 Å². The van der Waals surface area contributed by atoms with Gasteiger partial charge in [-0.05, 0) is 55.6 Å². The third-order valence-electron chi connectivity index (χ3n) is 6.55. The molecule has 1 unspecified atom stereocenters. The molecule has 4 aromatic rings. The number of hydrogen-bond acceptors (Lipinski definition) is 4. The van der Waals surface area contributed by atoms with Crippen molar-refractivity contribution in [2.24, 2.45) is 11.7 Å². The van der Waals surface area contributed by atoms with E-state index in [-0.39, 0.29) is 24.1 Å². The Hall–Kier alpha value is -4.04. The first-order valence-electron chi connectivity index (χ1n) is 12.9. The maximum Gasteiger partial charge on any atom is 0.351 e. The molecule has 0 saturated carbocycles. The van der Waals surface area contributed by atoms with Crippen molar-refractivity contribution in [2.75, 3.05) is 13.1 Å². The van der Waals surface area contributed by atoms with Crippen LogP contribution in [0.15, 0.2) is 83.7 Å². The Labute approximate surface area is 222 Å². The minimum Gasteiger partial charge on any atom is -0.330 e. The van der Waals surface area contributed by atoms with E-state index in [0.29, 0.717) is 30.9 Å². The zero-order valence-electron chi connectivity index (χ0n) is 22.0. The summed E-state index contributed by atoms with van der Waals surface area (Å²) < 4.78 is 17.4. The first-order valence-corrected chi connectivity index (χ1v) is 12.9. The van der Waals surface area contributed by atoms with Gasteiger partial charge in [-0.3, -0.25) is 9.36 Å². The average molecular weight is 516 g/mol. The fraction of sp³-hybridized carbons (Fsp3) is 0.300. The van der Waals surface area contributed by atoms with E-state index in [1.165, 1.54) is 12.1 Å². The highest BCUT2D eigenvalue weighted by molar-refractivity contribution is 5.94.